The Hall–Kier alpha value is -1.49. The summed E-state index contributed by atoms with van der Waals surface area (Å²) in [4.78, 5) is 2.47. The molecule has 0 atom stereocenters. The second-order valence-electron chi connectivity index (χ2n) is 5.67. The van der Waals surface area contributed by atoms with Crippen molar-refractivity contribution in [3.8, 4) is 17.0 Å². The van der Waals surface area contributed by atoms with Gasteiger partial charge in [-0.15, -0.1) is 0 Å². The molecule has 2 aromatic rings. The van der Waals surface area contributed by atoms with Crippen LogP contribution < -0.4 is 9.64 Å². The normalized spacial score (nSPS) is 17.1. The highest BCUT2D eigenvalue weighted by atomic mass is 79.9. The van der Waals surface area contributed by atoms with Gasteiger partial charge >= 0.3 is 0 Å². The topological polar surface area (TPSA) is 41.1 Å². The van der Waals surface area contributed by atoms with E-state index in [1.807, 2.05) is 13.0 Å². The minimum absolute atomic E-state index is 0.664. The summed E-state index contributed by atoms with van der Waals surface area (Å²) in [5, 5.41) is 7.87. The summed E-state index contributed by atoms with van der Waals surface area (Å²) >= 11 is 3.59. The quantitative estimate of drug-likeness (QED) is 0.914. The maximum absolute atomic E-state index is 5.59. The van der Waals surface area contributed by atoms with Crippen LogP contribution in [0.15, 0.2) is 22.7 Å². The fourth-order valence-electron chi connectivity index (χ4n) is 3.47. The molecule has 0 radical (unpaired) electrons. The van der Waals surface area contributed by atoms with Gasteiger partial charge in [0.15, 0.2) is 0 Å². The average molecular weight is 348 g/mol. The first-order chi connectivity index (χ1) is 10.3. The third-order valence-corrected chi connectivity index (χ3v) is 5.11. The standard InChI is InChI=1S/C16H18BrN3O/c1-2-21-13-4-3-11(9-12(13)17)15-16-14(18-19-15)10-5-7-20(16)8-6-10/h3-4,9-10H,2,5-8H2,1H3,(H,18,19). The molecule has 0 amide bonds. The van der Waals surface area contributed by atoms with Crippen LogP contribution in [0.25, 0.3) is 11.3 Å². The number of rotatable bonds is 3. The Labute approximate surface area is 132 Å². The first-order valence-electron chi connectivity index (χ1n) is 7.54. The van der Waals surface area contributed by atoms with Gasteiger partial charge in [-0.05, 0) is 53.9 Å². The fraction of sp³-hybridized carbons (Fsp3) is 0.438. The molecule has 0 unspecified atom stereocenters. The van der Waals surface area contributed by atoms with Crippen molar-refractivity contribution in [1.29, 1.82) is 0 Å². The highest BCUT2D eigenvalue weighted by Gasteiger charge is 2.35. The monoisotopic (exact) mass is 347 g/mol. The Balaban J connectivity index is 1.77. The Morgan fingerprint density at radius 3 is 2.90 bits per heavy atom. The molecule has 1 aromatic heterocycles. The first kappa shape index (κ1) is 13.2. The zero-order valence-electron chi connectivity index (χ0n) is 12.0. The molecule has 1 aromatic carbocycles. The van der Waals surface area contributed by atoms with Crippen LogP contribution in [0.4, 0.5) is 5.69 Å². The molecular weight excluding hydrogens is 330 g/mol. The highest BCUT2D eigenvalue weighted by Crippen LogP contribution is 2.46. The Bertz CT molecular complexity index is 674. The number of hydrogen-bond donors (Lipinski definition) is 1. The van der Waals surface area contributed by atoms with Crippen molar-refractivity contribution < 1.29 is 4.74 Å². The zero-order chi connectivity index (χ0) is 14.4. The van der Waals surface area contributed by atoms with Gasteiger partial charge in [0.2, 0.25) is 0 Å². The third kappa shape index (κ3) is 2.06. The molecule has 4 heterocycles. The number of piperidine rings is 1. The summed E-state index contributed by atoms with van der Waals surface area (Å²) in [6.07, 6.45) is 2.50. The molecule has 1 N–H and O–H groups in total. The van der Waals surface area contributed by atoms with Crippen LogP contribution in [0.1, 0.15) is 31.4 Å². The van der Waals surface area contributed by atoms with Crippen LogP contribution in [0, 0.1) is 0 Å². The van der Waals surface area contributed by atoms with E-state index in [1.165, 1.54) is 24.2 Å². The van der Waals surface area contributed by atoms with Crippen LogP contribution in [0.3, 0.4) is 0 Å². The number of aromatic nitrogens is 2. The van der Waals surface area contributed by atoms with Crippen molar-refractivity contribution in [2.75, 3.05) is 24.6 Å². The van der Waals surface area contributed by atoms with Gasteiger partial charge in [-0.2, -0.15) is 5.10 Å². The van der Waals surface area contributed by atoms with E-state index >= 15 is 0 Å². The smallest absolute Gasteiger partial charge is 0.133 e. The minimum Gasteiger partial charge on any atom is -0.493 e. The number of halogens is 1. The number of nitrogens with zero attached hydrogens (tertiary/aromatic N) is 2. The molecule has 110 valence electrons. The van der Waals surface area contributed by atoms with Crippen LogP contribution in [0.2, 0.25) is 0 Å². The Morgan fingerprint density at radius 1 is 1.38 bits per heavy atom. The second kappa shape index (κ2) is 5.05. The Morgan fingerprint density at radius 2 is 2.19 bits per heavy atom. The summed E-state index contributed by atoms with van der Waals surface area (Å²) in [7, 11) is 0. The molecule has 3 aliphatic rings. The van der Waals surface area contributed by atoms with E-state index < -0.39 is 0 Å². The summed E-state index contributed by atoms with van der Waals surface area (Å²) in [5.41, 5.74) is 4.84. The van der Waals surface area contributed by atoms with Crippen molar-refractivity contribution >= 4 is 21.6 Å². The number of H-pyrrole nitrogens is 1. The van der Waals surface area contributed by atoms with Crippen LogP contribution in [-0.4, -0.2) is 29.9 Å². The lowest BCUT2D eigenvalue weighted by Crippen LogP contribution is -2.38. The van der Waals surface area contributed by atoms with Gasteiger partial charge < -0.3 is 9.64 Å². The van der Waals surface area contributed by atoms with Crippen molar-refractivity contribution in [1.82, 2.24) is 10.2 Å². The molecule has 21 heavy (non-hydrogen) atoms. The molecule has 5 heteroatoms. The van der Waals surface area contributed by atoms with Gasteiger partial charge in [0.05, 0.1) is 22.5 Å². The van der Waals surface area contributed by atoms with E-state index in [0.717, 1.165) is 34.6 Å². The van der Waals surface area contributed by atoms with Crippen LogP contribution in [-0.2, 0) is 0 Å². The van der Waals surface area contributed by atoms with Gasteiger partial charge in [-0.1, -0.05) is 0 Å². The molecule has 3 aliphatic heterocycles. The molecule has 1 fully saturated rings. The molecular formula is C16H18BrN3O. The molecule has 1 saturated heterocycles. The van der Waals surface area contributed by atoms with E-state index in [4.69, 9.17) is 4.74 Å². The lowest BCUT2D eigenvalue weighted by Gasteiger charge is -2.40. The van der Waals surface area contributed by atoms with E-state index in [1.54, 1.807) is 0 Å². The van der Waals surface area contributed by atoms with Crippen molar-refractivity contribution in [3.05, 3.63) is 28.4 Å². The predicted molar refractivity (Wildman–Crippen MR) is 87.1 cm³/mol. The largest absolute Gasteiger partial charge is 0.493 e. The second-order valence-corrected chi connectivity index (χ2v) is 6.53. The maximum Gasteiger partial charge on any atom is 0.133 e. The highest BCUT2D eigenvalue weighted by molar-refractivity contribution is 9.10. The Kier molecular flexibility index (Phi) is 3.17. The maximum atomic E-state index is 5.59. The summed E-state index contributed by atoms with van der Waals surface area (Å²) in [6, 6.07) is 6.21. The van der Waals surface area contributed by atoms with Gasteiger partial charge in [0.25, 0.3) is 0 Å². The van der Waals surface area contributed by atoms with E-state index in [-0.39, 0.29) is 0 Å². The van der Waals surface area contributed by atoms with E-state index in [9.17, 15) is 0 Å². The van der Waals surface area contributed by atoms with Crippen molar-refractivity contribution in [3.63, 3.8) is 0 Å². The molecule has 0 saturated carbocycles. The summed E-state index contributed by atoms with van der Waals surface area (Å²) < 4.78 is 6.57. The number of aromatic amines is 1. The molecule has 0 aliphatic carbocycles. The van der Waals surface area contributed by atoms with Crippen molar-refractivity contribution in [2.45, 2.75) is 25.7 Å². The average Bonchev–Trinajstić information content (AvgIpc) is 2.98. The molecule has 5 rings (SSSR count). The predicted octanol–water partition coefficient (Wildman–Crippen LogP) is 3.94. The number of ether oxygens (including phenoxy) is 1. The fourth-order valence-corrected chi connectivity index (χ4v) is 3.96. The number of anilines is 1. The number of nitrogens with one attached hydrogen (secondary N) is 1. The van der Waals surface area contributed by atoms with Gasteiger partial charge in [-0.3, -0.25) is 5.10 Å². The number of benzene rings is 1. The molecule has 2 bridgehead atoms. The third-order valence-electron chi connectivity index (χ3n) is 4.49. The van der Waals surface area contributed by atoms with Gasteiger partial charge in [-0.25, -0.2) is 0 Å². The van der Waals surface area contributed by atoms with E-state index in [0.29, 0.717) is 12.5 Å². The minimum atomic E-state index is 0.664. The summed E-state index contributed by atoms with van der Waals surface area (Å²) in [6.45, 7) is 4.98. The van der Waals surface area contributed by atoms with E-state index in [2.05, 4.69) is 43.2 Å². The molecule has 0 spiro atoms. The van der Waals surface area contributed by atoms with Gasteiger partial charge in [0.1, 0.15) is 11.4 Å². The lowest BCUT2D eigenvalue weighted by atomic mass is 9.86. The number of fused-ring (bicyclic) bond motifs is 2. The SMILES string of the molecule is CCOc1ccc(-c2n[nH]c3c2N2CCC3CC2)cc1Br. The number of hydrogen-bond acceptors (Lipinski definition) is 3. The van der Waals surface area contributed by atoms with Crippen LogP contribution in [0.5, 0.6) is 5.75 Å². The summed E-state index contributed by atoms with van der Waals surface area (Å²) in [5.74, 6) is 1.55. The van der Waals surface area contributed by atoms with Crippen LogP contribution >= 0.6 is 15.9 Å². The zero-order valence-corrected chi connectivity index (χ0v) is 13.6. The van der Waals surface area contributed by atoms with Gasteiger partial charge in [0, 0.05) is 24.6 Å². The van der Waals surface area contributed by atoms with Crippen molar-refractivity contribution in [2.24, 2.45) is 0 Å². The molecule has 4 nitrogen and oxygen atoms in total. The lowest BCUT2D eigenvalue weighted by molar-refractivity contribution is 0.338. The first-order valence-corrected chi connectivity index (χ1v) is 8.33.